The molecule has 0 bridgehead atoms. The van der Waals surface area contributed by atoms with Gasteiger partial charge in [-0.25, -0.2) is 4.79 Å². The Bertz CT molecular complexity index is 396. The molecule has 0 spiro atoms. The highest BCUT2D eigenvalue weighted by Gasteiger charge is 2.27. The van der Waals surface area contributed by atoms with Crippen molar-refractivity contribution in [2.45, 2.75) is 12.2 Å². The van der Waals surface area contributed by atoms with E-state index in [-0.39, 0.29) is 11.3 Å². The summed E-state index contributed by atoms with van der Waals surface area (Å²) in [6.07, 6.45) is -3.05. The molecule has 0 aliphatic heterocycles. The molecule has 2 atom stereocenters. The number of aliphatic hydroxyl groups excluding tert-OH is 2. The molecular formula is C10H12BrNO4. The number of esters is 1. The Balaban J connectivity index is 2.96. The molecule has 0 aliphatic rings. The van der Waals surface area contributed by atoms with Gasteiger partial charge in [-0.15, -0.1) is 0 Å². The third-order valence-electron chi connectivity index (χ3n) is 2.11. The third-order valence-corrected chi connectivity index (χ3v) is 2.60. The van der Waals surface area contributed by atoms with Crippen molar-refractivity contribution in [2.24, 2.45) is 0 Å². The topological polar surface area (TPSA) is 92.8 Å². The molecule has 1 aromatic carbocycles. The van der Waals surface area contributed by atoms with Gasteiger partial charge in [0.05, 0.1) is 7.11 Å². The number of benzene rings is 1. The van der Waals surface area contributed by atoms with E-state index < -0.39 is 18.2 Å². The smallest absolute Gasteiger partial charge is 0.337 e. The van der Waals surface area contributed by atoms with Gasteiger partial charge in [0.25, 0.3) is 0 Å². The molecular weight excluding hydrogens is 278 g/mol. The Hall–Kier alpha value is -1.11. The van der Waals surface area contributed by atoms with Crippen LogP contribution in [0.2, 0.25) is 0 Å². The van der Waals surface area contributed by atoms with Crippen LogP contribution in [0, 0.1) is 0 Å². The minimum atomic E-state index is -1.64. The van der Waals surface area contributed by atoms with Crippen molar-refractivity contribution in [3.63, 3.8) is 0 Å². The summed E-state index contributed by atoms with van der Waals surface area (Å²) < 4.78 is 5.06. The lowest BCUT2D eigenvalue weighted by molar-refractivity contribution is -0.156. The lowest BCUT2D eigenvalue weighted by Gasteiger charge is -2.17. The zero-order chi connectivity index (χ0) is 12.3. The number of nitrogen functional groups attached to an aromatic ring is 1. The van der Waals surface area contributed by atoms with Crippen LogP contribution in [0.25, 0.3) is 0 Å². The highest BCUT2D eigenvalue weighted by atomic mass is 79.9. The maximum Gasteiger partial charge on any atom is 0.337 e. The van der Waals surface area contributed by atoms with Crippen LogP contribution in [0.1, 0.15) is 11.7 Å². The molecule has 0 radical (unpaired) electrons. The molecule has 2 unspecified atom stereocenters. The van der Waals surface area contributed by atoms with E-state index in [1.165, 1.54) is 6.07 Å². The van der Waals surface area contributed by atoms with E-state index in [0.717, 1.165) is 11.6 Å². The maximum atomic E-state index is 11.0. The minimum absolute atomic E-state index is 0.279. The number of hydrogen-bond acceptors (Lipinski definition) is 5. The van der Waals surface area contributed by atoms with Crippen molar-refractivity contribution in [3.05, 3.63) is 28.2 Å². The van der Waals surface area contributed by atoms with Gasteiger partial charge in [-0.1, -0.05) is 22.0 Å². The van der Waals surface area contributed by atoms with Gasteiger partial charge in [0.2, 0.25) is 0 Å². The minimum Gasteiger partial charge on any atom is -0.467 e. The van der Waals surface area contributed by atoms with Crippen LogP contribution >= 0.6 is 15.9 Å². The third kappa shape index (κ3) is 2.72. The number of carbonyl (C=O) groups is 1. The first-order valence-electron chi connectivity index (χ1n) is 4.46. The Morgan fingerprint density at radius 2 is 2.12 bits per heavy atom. The molecule has 0 aromatic heterocycles. The second kappa shape index (κ2) is 5.29. The summed E-state index contributed by atoms with van der Waals surface area (Å²) in [7, 11) is 1.13. The normalized spacial score (nSPS) is 14.2. The van der Waals surface area contributed by atoms with Crippen LogP contribution in [0.5, 0.6) is 0 Å². The monoisotopic (exact) mass is 289 g/mol. The van der Waals surface area contributed by atoms with E-state index >= 15 is 0 Å². The quantitative estimate of drug-likeness (QED) is 0.560. The molecule has 16 heavy (non-hydrogen) atoms. The largest absolute Gasteiger partial charge is 0.467 e. The SMILES string of the molecule is COC(=O)C(O)C(O)c1ccc(Br)cc1N. The van der Waals surface area contributed by atoms with Crippen LogP contribution < -0.4 is 5.73 Å². The van der Waals surface area contributed by atoms with Gasteiger partial charge in [-0.05, 0) is 12.1 Å². The van der Waals surface area contributed by atoms with Crippen molar-refractivity contribution < 1.29 is 19.7 Å². The van der Waals surface area contributed by atoms with Gasteiger partial charge in [0.15, 0.2) is 6.10 Å². The maximum absolute atomic E-state index is 11.0. The standard InChI is InChI=1S/C10H12BrNO4/c1-16-10(15)9(14)8(13)6-3-2-5(11)4-7(6)12/h2-4,8-9,13-14H,12H2,1H3. The first-order chi connectivity index (χ1) is 7.47. The average molecular weight is 290 g/mol. The fourth-order valence-electron chi connectivity index (χ4n) is 1.23. The molecule has 4 N–H and O–H groups in total. The number of anilines is 1. The van der Waals surface area contributed by atoms with Gasteiger partial charge >= 0.3 is 5.97 Å². The summed E-state index contributed by atoms with van der Waals surface area (Å²) in [6.45, 7) is 0. The molecule has 0 saturated carbocycles. The van der Waals surface area contributed by atoms with Crippen LogP contribution in [-0.4, -0.2) is 29.4 Å². The van der Waals surface area contributed by atoms with Crippen LogP contribution in [0.4, 0.5) is 5.69 Å². The molecule has 5 nitrogen and oxygen atoms in total. The fraction of sp³-hybridized carbons (Fsp3) is 0.300. The summed E-state index contributed by atoms with van der Waals surface area (Å²) >= 11 is 3.21. The Morgan fingerprint density at radius 1 is 1.50 bits per heavy atom. The van der Waals surface area contributed by atoms with Gasteiger partial charge in [0, 0.05) is 15.7 Å². The van der Waals surface area contributed by atoms with E-state index in [2.05, 4.69) is 20.7 Å². The van der Waals surface area contributed by atoms with Gasteiger partial charge < -0.3 is 20.7 Å². The number of methoxy groups -OCH3 is 1. The first-order valence-corrected chi connectivity index (χ1v) is 5.25. The predicted molar refractivity (Wildman–Crippen MR) is 61.5 cm³/mol. The van der Waals surface area contributed by atoms with Gasteiger partial charge in [-0.2, -0.15) is 0 Å². The van der Waals surface area contributed by atoms with E-state index in [9.17, 15) is 15.0 Å². The highest BCUT2D eigenvalue weighted by molar-refractivity contribution is 9.10. The summed E-state index contributed by atoms with van der Waals surface area (Å²) in [5.74, 6) is -0.908. The van der Waals surface area contributed by atoms with Crippen molar-refractivity contribution in [3.8, 4) is 0 Å². The van der Waals surface area contributed by atoms with Crippen molar-refractivity contribution >= 4 is 27.6 Å². The summed E-state index contributed by atoms with van der Waals surface area (Å²) in [5, 5.41) is 19.2. The van der Waals surface area contributed by atoms with E-state index in [4.69, 9.17) is 5.73 Å². The van der Waals surface area contributed by atoms with Crippen LogP contribution in [-0.2, 0) is 9.53 Å². The Morgan fingerprint density at radius 3 is 2.62 bits per heavy atom. The number of hydrogen-bond donors (Lipinski definition) is 3. The van der Waals surface area contributed by atoms with Crippen molar-refractivity contribution in [1.82, 2.24) is 0 Å². The van der Waals surface area contributed by atoms with Gasteiger partial charge in [-0.3, -0.25) is 0 Å². The molecule has 88 valence electrons. The number of halogens is 1. The zero-order valence-electron chi connectivity index (χ0n) is 8.55. The molecule has 0 amide bonds. The first kappa shape index (κ1) is 13.0. The van der Waals surface area contributed by atoms with Crippen LogP contribution in [0.15, 0.2) is 22.7 Å². The number of carbonyl (C=O) groups excluding carboxylic acids is 1. The average Bonchev–Trinajstić information content (AvgIpc) is 2.26. The lowest BCUT2D eigenvalue weighted by Crippen LogP contribution is -2.29. The summed E-state index contributed by atoms with van der Waals surface area (Å²) in [5.41, 5.74) is 6.21. The molecule has 1 rings (SSSR count). The molecule has 1 aromatic rings. The number of aliphatic hydroxyl groups is 2. The molecule has 0 saturated heterocycles. The molecule has 0 fully saturated rings. The predicted octanol–water partition coefficient (Wildman–Crippen LogP) is 0.599. The van der Waals surface area contributed by atoms with E-state index in [1.807, 2.05) is 0 Å². The molecule has 0 aliphatic carbocycles. The Kier molecular flexibility index (Phi) is 4.28. The number of ether oxygens (including phenoxy) is 1. The second-order valence-electron chi connectivity index (χ2n) is 3.19. The zero-order valence-corrected chi connectivity index (χ0v) is 10.1. The molecule has 0 heterocycles. The summed E-state index contributed by atoms with van der Waals surface area (Å²) in [4.78, 5) is 11.0. The highest BCUT2D eigenvalue weighted by Crippen LogP contribution is 2.26. The lowest BCUT2D eigenvalue weighted by atomic mass is 10.0. The van der Waals surface area contributed by atoms with Crippen LogP contribution in [0.3, 0.4) is 0 Å². The van der Waals surface area contributed by atoms with E-state index in [1.54, 1.807) is 12.1 Å². The van der Waals surface area contributed by atoms with E-state index in [0.29, 0.717) is 0 Å². The second-order valence-corrected chi connectivity index (χ2v) is 4.10. The summed E-state index contributed by atoms with van der Waals surface area (Å²) in [6, 6.07) is 4.75. The van der Waals surface area contributed by atoms with Gasteiger partial charge in [0.1, 0.15) is 6.10 Å². The molecule has 6 heteroatoms. The fourth-order valence-corrected chi connectivity index (χ4v) is 1.61. The van der Waals surface area contributed by atoms with Crippen molar-refractivity contribution in [1.29, 1.82) is 0 Å². The number of nitrogens with two attached hydrogens (primary N) is 1. The van der Waals surface area contributed by atoms with Crippen molar-refractivity contribution in [2.75, 3.05) is 12.8 Å². The Labute approximate surface area is 101 Å². The number of rotatable bonds is 3.